The molecule has 0 spiro atoms. The first-order valence-corrected chi connectivity index (χ1v) is 7.18. The molecule has 4 nitrogen and oxygen atoms in total. The number of nitrogens with one attached hydrogen (secondary N) is 2. The molecule has 0 radical (unpaired) electrons. The van der Waals surface area contributed by atoms with Crippen molar-refractivity contribution in [1.82, 2.24) is 10.3 Å². The molecule has 2 rings (SSSR count). The quantitative estimate of drug-likeness (QED) is 0.857. The first-order chi connectivity index (χ1) is 10.2. The lowest BCUT2D eigenvalue weighted by molar-refractivity contribution is -0.119. The molecular formula is C17H21N3O. The number of rotatable bonds is 6. The van der Waals surface area contributed by atoms with Crippen molar-refractivity contribution < 1.29 is 4.79 Å². The number of nitrogens with zero attached hydrogens (tertiary/aromatic N) is 1. The number of amides is 1. The van der Waals surface area contributed by atoms with Crippen LogP contribution in [0.15, 0.2) is 42.7 Å². The van der Waals surface area contributed by atoms with Gasteiger partial charge >= 0.3 is 0 Å². The Morgan fingerprint density at radius 1 is 1.19 bits per heavy atom. The van der Waals surface area contributed by atoms with Crippen molar-refractivity contribution in [2.45, 2.75) is 26.8 Å². The summed E-state index contributed by atoms with van der Waals surface area (Å²) in [5, 5.41) is 6.14. The Morgan fingerprint density at radius 2 is 1.95 bits per heavy atom. The maximum Gasteiger partial charge on any atom is 0.239 e. The molecule has 0 bridgehead atoms. The molecule has 0 fully saturated rings. The molecule has 4 heteroatoms. The predicted octanol–water partition coefficient (Wildman–Crippen LogP) is 2.68. The van der Waals surface area contributed by atoms with Crippen LogP contribution >= 0.6 is 0 Å². The highest BCUT2D eigenvalue weighted by Crippen LogP contribution is 2.20. The fourth-order valence-electron chi connectivity index (χ4n) is 2.21. The van der Waals surface area contributed by atoms with E-state index in [0.717, 1.165) is 23.2 Å². The second-order valence-corrected chi connectivity index (χ2v) is 4.95. The third-order valence-electron chi connectivity index (χ3n) is 3.40. The number of para-hydroxylation sites is 1. The highest BCUT2D eigenvalue weighted by atomic mass is 16.1. The van der Waals surface area contributed by atoms with Crippen molar-refractivity contribution in [3.63, 3.8) is 0 Å². The van der Waals surface area contributed by atoms with Gasteiger partial charge in [0.2, 0.25) is 5.91 Å². The van der Waals surface area contributed by atoms with Crippen molar-refractivity contribution in [1.29, 1.82) is 0 Å². The van der Waals surface area contributed by atoms with Gasteiger partial charge in [-0.15, -0.1) is 0 Å². The van der Waals surface area contributed by atoms with E-state index in [2.05, 4.69) is 41.6 Å². The zero-order valence-corrected chi connectivity index (χ0v) is 12.5. The second kappa shape index (κ2) is 7.43. The van der Waals surface area contributed by atoms with Crippen LogP contribution in [0, 0.1) is 6.92 Å². The van der Waals surface area contributed by atoms with Gasteiger partial charge in [0.05, 0.1) is 6.54 Å². The van der Waals surface area contributed by atoms with Crippen LogP contribution in [0.4, 0.5) is 5.69 Å². The van der Waals surface area contributed by atoms with Gasteiger partial charge in [0.25, 0.3) is 0 Å². The van der Waals surface area contributed by atoms with Crippen LogP contribution in [0.5, 0.6) is 0 Å². The highest BCUT2D eigenvalue weighted by Gasteiger charge is 2.06. The van der Waals surface area contributed by atoms with Gasteiger partial charge in [-0.25, -0.2) is 0 Å². The summed E-state index contributed by atoms with van der Waals surface area (Å²) in [4.78, 5) is 15.9. The van der Waals surface area contributed by atoms with E-state index in [-0.39, 0.29) is 12.5 Å². The summed E-state index contributed by atoms with van der Waals surface area (Å²) in [6.07, 6.45) is 4.39. The number of aryl methyl sites for hydroxylation is 2. The summed E-state index contributed by atoms with van der Waals surface area (Å²) in [5.41, 5.74) is 4.51. The van der Waals surface area contributed by atoms with Crippen molar-refractivity contribution in [2.75, 3.05) is 11.9 Å². The molecule has 0 saturated carbocycles. The van der Waals surface area contributed by atoms with E-state index >= 15 is 0 Å². The number of carbonyl (C=O) groups excluding carboxylic acids is 1. The topological polar surface area (TPSA) is 54.0 Å². The van der Waals surface area contributed by atoms with E-state index in [0.29, 0.717) is 6.54 Å². The normalized spacial score (nSPS) is 10.2. The van der Waals surface area contributed by atoms with Gasteiger partial charge < -0.3 is 10.6 Å². The first kappa shape index (κ1) is 15.0. The van der Waals surface area contributed by atoms with Gasteiger partial charge in [-0.3, -0.25) is 9.78 Å². The summed E-state index contributed by atoms with van der Waals surface area (Å²) in [7, 11) is 0. The minimum atomic E-state index is -0.0166. The van der Waals surface area contributed by atoms with Crippen LogP contribution < -0.4 is 10.6 Å². The Morgan fingerprint density at radius 3 is 2.67 bits per heavy atom. The van der Waals surface area contributed by atoms with E-state index in [1.807, 2.05) is 18.2 Å². The molecule has 0 aliphatic carbocycles. The third kappa shape index (κ3) is 4.31. The van der Waals surface area contributed by atoms with E-state index in [1.165, 1.54) is 5.56 Å². The fourth-order valence-corrected chi connectivity index (χ4v) is 2.21. The molecule has 1 aromatic carbocycles. The summed E-state index contributed by atoms with van der Waals surface area (Å²) >= 11 is 0. The minimum Gasteiger partial charge on any atom is -0.376 e. The zero-order chi connectivity index (χ0) is 15.1. The number of anilines is 1. The molecule has 2 N–H and O–H groups in total. The first-order valence-electron chi connectivity index (χ1n) is 7.18. The van der Waals surface area contributed by atoms with Crippen LogP contribution in [0.25, 0.3) is 0 Å². The second-order valence-electron chi connectivity index (χ2n) is 4.95. The molecule has 0 aliphatic heterocycles. The highest BCUT2D eigenvalue weighted by molar-refractivity contribution is 5.81. The number of carbonyl (C=O) groups is 1. The predicted molar refractivity (Wildman–Crippen MR) is 85.1 cm³/mol. The Bertz CT molecular complexity index is 596. The summed E-state index contributed by atoms with van der Waals surface area (Å²) in [6, 6.07) is 9.97. The van der Waals surface area contributed by atoms with Crippen LogP contribution in [-0.2, 0) is 17.8 Å². The van der Waals surface area contributed by atoms with Crippen molar-refractivity contribution in [2.24, 2.45) is 0 Å². The summed E-state index contributed by atoms with van der Waals surface area (Å²) in [5.74, 6) is -0.0166. The Hall–Kier alpha value is -2.36. The lowest BCUT2D eigenvalue weighted by Crippen LogP contribution is -2.29. The van der Waals surface area contributed by atoms with Gasteiger partial charge in [0, 0.05) is 24.6 Å². The molecule has 0 saturated heterocycles. The van der Waals surface area contributed by atoms with Gasteiger partial charge in [-0.1, -0.05) is 25.1 Å². The summed E-state index contributed by atoms with van der Waals surface area (Å²) < 4.78 is 0. The van der Waals surface area contributed by atoms with Crippen molar-refractivity contribution in [3.8, 4) is 0 Å². The average Bonchev–Trinajstić information content (AvgIpc) is 2.52. The minimum absolute atomic E-state index is 0.0166. The number of hydrogen-bond acceptors (Lipinski definition) is 3. The van der Waals surface area contributed by atoms with Gasteiger partial charge in [-0.05, 0) is 42.2 Å². The zero-order valence-electron chi connectivity index (χ0n) is 12.5. The van der Waals surface area contributed by atoms with Crippen LogP contribution in [0.3, 0.4) is 0 Å². The monoisotopic (exact) mass is 283 g/mol. The summed E-state index contributed by atoms with van der Waals surface area (Å²) in [6.45, 7) is 4.97. The Labute approximate surface area is 125 Å². The molecule has 1 amide bonds. The van der Waals surface area contributed by atoms with Gasteiger partial charge in [0.15, 0.2) is 0 Å². The lowest BCUT2D eigenvalue weighted by Gasteiger charge is -2.14. The van der Waals surface area contributed by atoms with E-state index in [4.69, 9.17) is 0 Å². The van der Waals surface area contributed by atoms with E-state index in [9.17, 15) is 4.79 Å². The fraction of sp³-hybridized carbons (Fsp3) is 0.294. The standard InChI is InChI=1S/C17H21N3O/c1-3-15-6-4-5-13(2)17(15)20-12-16(21)19-11-14-7-9-18-10-8-14/h4-10,20H,3,11-12H2,1-2H3,(H,19,21). The number of aromatic nitrogens is 1. The molecule has 0 aliphatic rings. The number of hydrogen-bond donors (Lipinski definition) is 2. The van der Waals surface area contributed by atoms with Crippen molar-refractivity contribution in [3.05, 3.63) is 59.4 Å². The average molecular weight is 283 g/mol. The maximum atomic E-state index is 11.9. The molecule has 1 aromatic heterocycles. The van der Waals surface area contributed by atoms with Crippen LogP contribution in [0.1, 0.15) is 23.6 Å². The third-order valence-corrected chi connectivity index (χ3v) is 3.40. The Balaban J connectivity index is 1.87. The van der Waals surface area contributed by atoms with Crippen molar-refractivity contribution >= 4 is 11.6 Å². The maximum absolute atomic E-state index is 11.9. The SMILES string of the molecule is CCc1cccc(C)c1NCC(=O)NCc1ccncc1. The molecule has 110 valence electrons. The molecule has 21 heavy (non-hydrogen) atoms. The van der Waals surface area contributed by atoms with Gasteiger partial charge in [0.1, 0.15) is 0 Å². The molecule has 0 unspecified atom stereocenters. The largest absolute Gasteiger partial charge is 0.376 e. The van der Waals surface area contributed by atoms with Gasteiger partial charge in [-0.2, -0.15) is 0 Å². The van der Waals surface area contributed by atoms with Crippen LogP contribution in [0.2, 0.25) is 0 Å². The van der Waals surface area contributed by atoms with E-state index in [1.54, 1.807) is 12.4 Å². The molecule has 2 aromatic rings. The smallest absolute Gasteiger partial charge is 0.239 e. The van der Waals surface area contributed by atoms with Crippen LogP contribution in [-0.4, -0.2) is 17.4 Å². The number of pyridine rings is 1. The molecular weight excluding hydrogens is 262 g/mol. The molecule has 1 heterocycles. The Kier molecular flexibility index (Phi) is 5.32. The lowest BCUT2D eigenvalue weighted by atomic mass is 10.1. The number of benzene rings is 1. The molecule has 0 atom stereocenters. The van der Waals surface area contributed by atoms with E-state index < -0.39 is 0 Å².